The summed E-state index contributed by atoms with van der Waals surface area (Å²) in [6.45, 7) is 7.11. The first-order chi connectivity index (χ1) is 11.7. The van der Waals surface area contributed by atoms with E-state index in [0.29, 0.717) is 10.7 Å². The normalized spacial score (nSPS) is 10.5. The summed E-state index contributed by atoms with van der Waals surface area (Å²) in [5.74, 6) is -0.599. The summed E-state index contributed by atoms with van der Waals surface area (Å²) < 4.78 is 0. The number of hydrogen-bond donors (Lipinski definition) is 1. The van der Waals surface area contributed by atoms with E-state index in [1.807, 2.05) is 32.9 Å². The fourth-order valence-corrected chi connectivity index (χ4v) is 3.16. The second kappa shape index (κ2) is 7.89. The maximum Gasteiger partial charge on any atom is 0.244 e. The van der Waals surface area contributed by atoms with Crippen LogP contribution in [0.15, 0.2) is 30.3 Å². The summed E-state index contributed by atoms with van der Waals surface area (Å²) in [6.07, 6.45) is 0. The van der Waals surface area contributed by atoms with Gasteiger partial charge in [-0.05, 0) is 44.0 Å². The molecule has 25 heavy (non-hydrogen) atoms. The van der Waals surface area contributed by atoms with E-state index < -0.39 is 0 Å². The van der Waals surface area contributed by atoms with Gasteiger partial charge < -0.3 is 10.2 Å². The highest BCUT2D eigenvalue weighted by Gasteiger charge is 2.20. The van der Waals surface area contributed by atoms with Crippen LogP contribution in [0.4, 0.5) is 11.4 Å². The molecule has 0 radical (unpaired) electrons. The Labute approximate surface area is 157 Å². The Morgan fingerprint density at radius 3 is 2.24 bits per heavy atom. The number of rotatable bonds is 4. The molecule has 2 aromatic carbocycles. The fourth-order valence-electron chi connectivity index (χ4n) is 2.77. The van der Waals surface area contributed by atoms with Gasteiger partial charge in [0, 0.05) is 12.6 Å². The smallest absolute Gasteiger partial charge is 0.244 e. The number of nitrogens with zero attached hydrogens (tertiary/aromatic N) is 1. The topological polar surface area (TPSA) is 49.4 Å². The van der Waals surface area contributed by atoms with E-state index in [4.69, 9.17) is 23.2 Å². The molecule has 0 fully saturated rings. The quantitative estimate of drug-likeness (QED) is 0.821. The monoisotopic (exact) mass is 378 g/mol. The molecule has 0 aromatic heterocycles. The molecule has 132 valence electrons. The lowest BCUT2D eigenvalue weighted by atomic mass is 10.1. The first-order valence-corrected chi connectivity index (χ1v) is 8.56. The number of nitrogens with one attached hydrogen (secondary N) is 1. The van der Waals surface area contributed by atoms with Crippen LogP contribution in [-0.4, -0.2) is 18.4 Å². The fraction of sp³-hybridized carbons (Fsp3) is 0.263. The lowest BCUT2D eigenvalue weighted by Crippen LogP contribution is -2.37. The SMILES string of the molecule is CC(=O)N(CC(=O)Nc1c(C)cc(C)cc1C)c1cccc(Cl)c1Cl. The van der Waals surface area contributed by atoms with Crippen LogP contribution < -0.4 is 10.2 Å². The molecule has 0 aliphatic rings. The highest BCUT2D eigenvalue weighted by Crippen LogP contribution is 2.32. The van der Waals surface area contributed by atoms with Crippen LogP contribution in [0.1, 0.15) is 23.6 Å². The predicted octanol–water partition coefficient (Wildman–Crippen LogP) is 4.91. The van der Waals surface area contributed by atoms with E-state index in [9.17, 15) is 9.59 Å². The molecular formula is C19H20Cl2N2O2. The largest absolute Gasteiger partial charge is 0.324 e. The maximum absolute atomic E-state index is 12.5. The van der Waals surface area contributed by atoms with Crippen molar-refractivity contribution in [2.45, 2.75) is 27.7 Å². The van der Waals surface area contributed by atoms with Crippen LogP contribution in [0.5, 0.6) is 0 Å². The highest BCUT2D eigenvalue weighted by atomic mass is 35.5. The van der Waals surface area contributed by atoms with Crippen molar-refractivity contribution >= 4 is 46.4 Å². The molecular weight excluding hydrogens is 359 g/mol. The van der Waals surface area contributed by atoms with Gasteiger partial charge in [0.2, 0.25) is 11.8 Å². The van der Waals surface area contributed by atoms with Gasteiger partial charge in [-0.25, -0.2) is 0 Å². The lowest BCUT2D eigenvalue weighted by Gasteiger charge is -2.23. The summed E-state index contributed by atoms with van der Waals surface area (Å²) in [5, 5.41) is 3.46. The lowest BCUT2D eigenvalue weighted by molar-refractivity contribution is -0.120. The second-order valence-corrected chi connectivity index (χ2v) is 6.79. The van der Waals surface area contributed by atoms with Crippen LogP contribution in [0.3, 0.4) is 0 Å². The first kappa shape index (κ1) is 19.3. The summed E-state index contributed by atoms with van der Waals surface area (Å²) in [7, 11) is 0. The van der Waals surface area contributed by atoms with Crippen LogP contribution in [0, 0.1) is 20.8 Å². The van der Waals surface area contributed by atoms with Gasteiger partial charge in [0.1, 0.15) is 6.54 Å². The van der Waals surface area contributed by atoms with E-state index in [1.54, 1.807) is 18.2 Å². The molecule has 0 saturated heterocycles. The van der Waals surface area contributed by atoms with Gasteiger partial charge in [-0.3, -0.25) is 9.59 Å². The molecule has 0 unspecified atom stereocenters. The van der Waals surface area contributed by atoms with Gasteiger partial charge in [0.15, 0.2) is 0 Å². The highest BCUT2D eigenvalue weighted by molar-refractivity contribution is 6.44. The molecule has 0 bridgehead atoms. The molecule has 1 N–H and O–H groups in total. The molecule has 0 atom stereocenters. The number of benzene rings is 2. The van der Waals surface area contributed by atoms with Crippen molar-refractivity contribution in [1.29, 1.82) is 0 Å². The molecule has 0 aliphatic carbocycles. The van der Waals surface area contributed by atoms with E-state index in [-0.39, 0.29) is 23.4 Å². The molecule has 6 heteroatoms. The van der Waals surface area contributed by atoms with Crippen molar-refractivity contribution in [1.82, 2.24) is 0 Å². The number of carbonyl (C=O) groups excluding carboxylic acids is 2. The van der Waals surface area contributed by atoms with Crippen LogP contribution >= 0.6 is 23.2 Å². The second-order valence-electron chi connectivity index (χ2n) is 6.00. The van der Waals surface area contributed by atoms with Gasteiger partial charge in [0.25, 0.3) is 0 Å². The van der Waals surface area contributed by atoms with Gasteiger partial charge in [-0.2, -0.15) is 0 Å². The Bertz CT molecular complexity index is 811. The van der Waals surface area contributed by atoms with E-state index in [1.165, 1.54) is 11.8 Å². The zero-order chi connectivity index (χ0) is 18.7. The number of halogens is 2. The average Bonchev–Trinajstić information content (AvgIpc) is 2.51. The maximum atomic E-state index is 12.5. The zero-order valence-electron chi connectivity index (χ0n) is 14.6. The molecule has 2 aromatic rings. The standard InChI is InChI=1S/C19H20Cl2N2O2/c1-11-8-12(2)19(13(3)9-11)22-17(25)10-23(14(4)24)16-7-5-6-15(20)18(16)21/h5-9H,10H2,1-4H3,(H,22,25). The van der Waals surface area contributed by atoms with Crippen LogP contribution in [0.25, 0.3) is 0 Å². The third-order valence-electron chi connectivity index (χ3n) is 3.85. The van der Waals surface area contributed by atoms with Crippen molar-refractivity contribution in [2.24, 2.45) is 0 Å². The van der Waals surface area contributed by atoms with E-state index in [0.717, 1.165) is 22.4 Å². The summed E-state index contributed by atoms with van der Waals surface area (Å²) in [4.78, 5) is 25.8. The summed E-state index contributed by atoms with van der Waals surface area (Å²) in [5.41, 5.74) is 4.25. The molecule has 0 spiro atoms. The average molecular weight is 379 g/mol. The minimum absolute atomic E-state index is 0.151. The predicted molar refractivity (Wildman–Crippen MR) is 104 cm³/mol. The Balaban J connectivity index is 2.25. The number of aryl methyl sites for hydroxylation is 3. The van der Waals surface area contributed by atoms with E-state index in [2.05, 4.69) is 5.32 Å². The van der Waals surface area contributed by atoms with Crippen LogP contribution in [-0.2, 0) is 9.59 Å². The number of amides is 2. The number of carbonyl (C=O) groups is 2. The Morgan fingerprint density at radius 1 is 1.08 bits per heavy atom. The van der Waals surface area contributed by atoms with Gasteiger partial charge >= 0.3 is 0 Å². The van der Waals surface area contributed by atoms with E-state index >= 15 is 0 Å². The summed E-state index contributed by atoms with van der Waals surface area (Å²) in [6, 6.07) is 8.97. The minimum atomic E-state index is -0.304. The summed E-state index contributed by atoms with van der Waals surface area (Å²) >= 11 is 12.2. The molecule has 0 aliphatic heterocycles. The Hall–Kier alpha value is -2.04. The zero-order valence-corrected chi connectivity index (χ0v) is 16.1. The molecule has 0 saturated carbocycles. The molecule has 2 amide bonds. The Kier molecular flexibility index (Phi) is 6.09. The minimum Gasteiger partial charge on any atom is -0.324 e. The van der Waals surface area contributed by atoms with Crippen molar-refractivity contribution < 1.29 is 9.59 Å². The van der Waals surface area contributed by atoms with Crippen molar-refractivity contribution in [3.8, 4) is 0 Å². The van der Waals surface area contributed by atoms with Gasteiger partial charge in [-0.1, -0.05) is 47.0 Å². The third kappa shape index (κ3) is 4.53. The molecule has 4 nitrogen and oxygen atoms in total. The third-order valence-corrected chi connectivity index (χ3v) is 4.65. The Morgan fingerprint density at radius 2 is 1.68 bits per heavy atom. The number of hydrogen-bond acceptors (Lipinski definition) is 2. The first-order valence-electron chi connectivity index (χ1n) is 7.80. The number of anilines is 2. The van der Waals surface area contributed by atoms with Crippen molar-refractivity contribution in [3.63, 3.8) is 0 Å². The van der Waals surface area contributed by atoms with Crippen molar-refractivity contribution in [3.05, 3.63) is 57.1 Å². The van der Waals surface area contributed by atoms with Gasteiger partial charge in [0.05, 0.1) is 15.7 Å². The molecule has 2 rings (SSSR count). The van der Waals surface area contributed by atoms with Crippen LogP contribution in [0.2, 0.25) is 10.0 Å². The molecule has 0 heterocycles. The van der Waals surface area contributed by atoms with Crippen molar-refractivity contribution in [2.75, 3.05) is 16.8 Å². The van der Waals surface area contributed by atoms with Gasteiger partial charge in [-0.15, -0.1) is 0 Å².